The molecule has 7 nitrogen and oxygen atoms in total. The molecule has 2 rings (SSSR count). The number of hydrogen-bond acceptors (Lipinski definition) is 7. The second-order valence-electron chi connectivity index (χ2n) is 5.01. The van der Waals surface area contributed by atoms with Gasteiger partial charge in [0.05, 0.1) is 4.92 Å². The molecule has 8 heteroatoms. The van der Waals surface area contributed by atoms with Gasteiger partial charge in [0.2, 0.25) is 5.82 Å². The standard InChI is InChI=1S/C15H15N5O2S/c1-11(2)19(8-12-6-4-3-5-7-12)14-13(20(21)22)15(23-9-16)18-10-17-14/h3-7,10-11H,8H2,1-2H3. The Hall–Kier alpha value is -2.66. The smallest absolute Gasteiger partial charge is 0.344 e. The number of thiocyanates is 1. The van der Waals surface area contributed by atoms with Crippen molar-refractivity contribution in [1.29, 1.82) is 5.26 Å². The Balaban J connectivity index is 2.49. The molecule has 0 N–H and O–H groups in total. The predicted octanol–water partition coefficient (Wildman–Crippen LogP) is 3.37. The monoisotopic (exact) mass is 329 g/mol. The van der Waals surface area contributed by atoms with Crippen molar-refractivity contribution in [3.8, 4) is 5.40 Å². The molecule has 1 heterocycles. The third kappa shape index (κ3) is 3.96. The summed E-state index contributed by atoms with van der Waals surface area (Å²) >= 11 is 0.666. The maximum Gasteiger partial charge on any atom is 0.344 e. The third-order valence-corrected chi connectivity index (χ3v) is 3.77. The zero-order chi connectivity index (χ0) is 16.8. The highest BCUT2D eigenvalue weighted by Crippen LogP contribution is 2.35. The molecule has 0 bridgehead atoms. The maximum atomic E-state index is 11.5. The van der Waals surface area contributed by atoms with Crippen molar-refractivity contribution in [1.82, 2.24) is 9.97 Å². The number of aromatic nitrogens is 2. The fourth-order valence-electron chi connectivity index (χ4n) is 2.12. The van der Waals surface area contributed by atoms with Crippen LogP contribution in [0.25, 0.3) is 0 Å². The van der Waals surface area contributed by atoms with E-state index in [0.29, 0.717) is 18.3 Å². The number of thioether (sulfide) groups is 1. The normalized spacial score (nSPS) is 10.3. The van der Waals surface area contributed by atoms with Gasteiger partial charge in [0.25, 0.3) is 0 Å². The fourth-order valence-corrected chi connectivity index (χ4v) is 2.57. The van der Waals surface area contributed by atoms with Crippen molar-refractivity contribution in [2.45, 2.75) is 31.5 Å². The highest BCUT2D eigenvalue weighted by Gasteiger charge is 2.28. The number of hydrogen-bond donors (Lipinski definition) is 0. The Morgan fingerprint density at radius 1 is 1.35 bits per heavy atom. The van der Waals surface area contributed by atoms with Crippen molar-refractivity contribution in [3.63, 3.8) is 0 Å². The second kappa shape index (κ2) is 7.56. The van der Waals surface area contributed by atoms with Gasteiger partial charge in [-0.25, -0.2) is 9.97 Å². The van der Waals surface area contributed by atoms with Crippen molar-refractivity contribution in [2.24, 2.45) is 0 Å². The van der Waals surface area contributed by atoms with Crippen molar-refractivity contribution in [3.05, 3.63) is 52.3 Å². The van der Waals surface area contributed by atoms with E-state index >= 15 is 0 Å². The minimum absolute atomic E-state index is 0.0104. The predicted molar refractivity (Wildman–Crippen MR) is 87.9 cm³/mol. The summed E-state index contributed by atoms with van der Waals surface area (Å²) in [7, 11) is 0. The molecule has 1 aromatic heterocycles. The fraction of sp³-hybridized carbons (Fsp3) is 0.267. The summed E-state index contributed by atoms with van der Waals surface area (Å²) in [6, 6.07) is 9.64. The first-order valence-electron chi connectivity index (χ1n) is 6.90. The van der Waals surface area contributed by atoms with E-state index in [-0.39, 0.29) is 22.6 Å². The molecule has 0 fully saturated rings. The van der Waals surface area contributed by atoms with Crippen LogP contribution in [0, 0.1) is 20.8 Å². The van der Waals surface area contributed by atoms with Crippen molar-refractivity contribution < 1.29 is 4.92 Å². The molecule has 2 aromatic rings. The molecular formula is C15H15N5O2S. The molecule has 0 amide bonds. The van der Waals surface area contributed by atoms with Crippen LogP contribution in [-0.2, 0) is 6.54 Å². The number of benzene rings is 1. The number of nitrogens with zero attached hydrogens (tertiary/aromatic N) is 5. The van der Waals surface area contributed by atoms with E-state index in [4.69, 9.17) is 5.26 Å². The van der Waals surface area contributed by atoms with Gasteiger partial charge in [0.15, 0.2) is 5.03 Å². The van der Waals surface area contributed by atoms with Gasteiger partial charge in [-0.3, -0.25) is 10.1 Å². The Labute approximate surface area is 138 Å². The van der Waals surface area contributed by atoms with E-state index in [0.717, 1.165) is 5.56 Å². The lowest BCUT2D eigenvalue weighted by molar-refractivity contribution is -0.387. The summed E-state index contributed by atoms with van der Waals surface area (Å²) < 4.78 is 0. The Bertz CT molecular complexity index is 730. The molecule has 23 heavy (non-hydrogen) atoms. The minimum atomic E-state index is -0.532. The quantitative estimate of drug-likeness (QED) is 0.263. The van der Waals surface area contributed by atoms with E-state index in [1.165, 1.54) is 6.33 Å². The lowest BCUT2D eigenvalue weighted by Gasteiger charge is -2.27. The first-order chi connectivity index (χ1) is 11.0. The minimum Gasteiger partial charge on any atom is -0.344 e. The zero-order valence-corrected chi connectivity index (χ0v) is 13.5. The topological polar surface area (TPSA) is 96.0 Å². The van der Waals surface area contributed by atoms with E-state index in [2.05, 4.69) is 9.97 Å². The SMILES string of the molecule is CC(C)N(Cc1ccccc1)c1ncnc(SC#N)c1[N+](=O)[O-]. The molecule has 0 unspecified atom stereocenters. The summed E-state index contributed by atoms with van der Waals surface area (Å²) in [6.45, 7) is 4.35. The molecule has 0 aliphatic carbocycles. The number of nitriles is 1. The average molecular weight is 329 g/mol. The largest absolute Gasteiger partial charge is 0.344 e. The van der Waals surface area contributed by atoms with Crippen LogP contribution in [0.1, 0.15) is 19.4 Å². The van der Waals surface area contributed by atoms with Crippen LogP contribution in [0.2, 0.25) is 0 Å². The van der Waals surface area contributed by atoms with Crippen LogP contribution in [0.5, 0.6) is 0 Å². The van der Waals surface area contributed by atoms with Crippen LogP contribution in [0.15, 0.2) is 41.7 Å². The molecule has 1 aromatic carbocycles. The highest BCUT2D eigenvalue weighted by atomic mass is 32.2. The first kappa shape index (κ1) is 16.7. The summed E-state index contributed by atoms with van der Waals surface area (Å²) in [4.78, 5) is 20.7. The molecule has 118 valence electrons. The van der Waals surface area contributed by atoms with Crippen molar-refractivity contribution >= 4 is 23.3 Å². The Morgan fingerprint density at radius 3 is 2.61 bits per heavy atom. The summed E-state index contributed by atoms with van der Waals surface area (Å²) in [6.07, 6.45) is 1.25. The van der Waals surface area contributed by atoms with Gasteiger partial charge in [-0.05, 0) is 19.4 Å². The van der Waals surface area contributed by atoms with Gasteiger partial charge in [-0.15, -0.1) is 0 Å². The van der Waals surface area contributed by atoms with Gasteiger partial charge in [-0.1, -0.05) is 30.3 Å². The molecular weight excluding hydrogens is 314 g/mol. The van der Waals surface area contributed by atoms with Crippen LogP contribution in [0.4, 0.5) is 11.5 Å². The molecule has 0 spiro atoms. The van der Waals surface area contributed by atoms with Gasteiger partial charge in [0, 0.05) is 24.3 Å². The van der Waals surface area contributed by atoms with Gasteiger partial charge in [-0.2, -0.15) is 5.26 Å². The van der Waals surface area contributed by atoms with Gasteiger partial charge < -0.3 is 4.90 Å². The second-order valence-corrected chi connectivity index (χ2v) is 5.78. The Morgan fingerprint density at radius 2 is 2.04 bits per heavy atom. The van der Waals surface area contributed by atoms with Crippen LogP contribution in [0.3, 0.4) is 0 Å². The van der Waals surface area contributed by atoms with Gasteiger partial charge in [0.1, 0.15) is 11.7 Å². The first-order valence-corrected chi connectivity index (χ1v) is 7.72. The molecule has 0 radical (unpaired) electrons. The third-order valence-electron chi connectivity index (χ3n) is 3.19. The number of anilines is 1. The molecule has 0 saturated heterocycles. The maximum absolute atomic E-state index is 11.5. The van der Waals surface area contributed by atoms with Crippen LogP contribution < -0.4 is 4.90 Å². The lowest BCUT2D eigenvalue weighted by atomic mass is 10.2. The number of rotatable bonds is 6. The zero-order valence-electron chi connectivity index (χ0n) is 12.7. The van der Waals surface area contributed by atoms with Gasteiger partial charge >= 0.3 is 5.69 Å². The van der Waals surface area contributed by atoms with Crippen LogP contribution in [-0.4, -0.2) is 20.9 Å². The van der Waals surface area contributed by atoms with Crippen LogP contribution >= 0.6 is 11.8 Å². The van der Waals surface area contributed by atoms with E-state index in [9.17, 15) is 10.1 Å². The average Bonchev–Trinajstić information content (AvgIpc) is 2.53. The van der Waals surface area contributed by atoms with Crippen molar-refractivity contribution in [2.75, 3.05) is 4.90 Å². The highest BCUT2D eigenvalue weighted by molar-refractivity contribution is 8.03. The van der Waals surface area contributed by atoms with E-state index in [1.807, 2.05) is 54.5 Å². The van der Waals surface area contributed by atoms with E-state index < -0.39 is 4.92 Å². The van der Waals surface area contributed by atoms with E-state index in [1.54, 1.807) is 0 Å². The summed E-state index contributed by atoms with van der Waals surface area (Å²) in [5.74, 6) is 0.224. The number of nitro groups is 1. The molecule has 0 aliphatic heterocycles. The summed E-state index contributed by atoms with van der Waals surface area (Å²) in [5.41, 5.74) is 0.785. The molecule has 0 atom stereocenters. The summed E-state index contributed by atoms with van der Waals surface area (Å²) in [5, 5.41) is 22.2. The lowest BCUT2D eigenvalue weighted by Crippen LogP contribution is -2.31. The molecule has 0 saturated carbocycles. The Kier molecular flexibility index (Phi) is 5.49. The molecule has 0 aliphatic rings.